The van der Waals surface area contributed by atoms with Crippen LogP contribution in [-0.2, 0) is 0 Å². The summed E-state index contributed by atoms with van der Waals surface area (Å²) in [6.07, 6.45) is 1.87. The van der Waals surface area contributed by atoms with Crippen molar-refractivity contribution in [3.63, 3.8) is 0 Å². The molecule has 0 fully saturated rings. The standard InChI is InChI=1S/C16H11ClN4S/c1-22-16-20-14(8-15(17)21-16)11(9-18)13-7-6-10-4-2-3-5-12(10)19-13/h2-8,11H,1H3/t11-/m1/s1. The molecule has 0 saturated carbocycles. The molecule has 1 atom stereocenters. The Morgan fingerprint density at radius 2 is 1.91 bits per heavy atom. The summed E-state index contributed by atoms with van der Waals surface area (Å²) in [5, 5.41) is 11.5. The lowest BCUT2D eigenvalue weighted by Gasteiger charge is -2.10. The summed E-state index contributed by atoms with van der Waals surface area (Å²) in [4.78, 5) is 13.1. The second-order valence-electron chi connectivity index (χ2n) is 4.59. The van der Waals surface area contributed by atoms with Gasteiger partial charge in [0.15, 0.2) is 5.16 Å². The predicted octanol–water partition coefficient (Wildman–Crippen LogP) is 4.06. The molecule has 0 aliphatic rings. The third kappa shape index (κ3) is 2.89. The number of rotatable bonds is 3. The Hall–Kier alpha value is -2.16. The lowest BCUT2D eigenvalue weighted by atomic mass is 10.0. The largest absolute Gasteiger partial charge is 0.251 e. The van der Waals surface area contributed by atoms with Crippen LogP contribution in [0.4, 0.5) is 0 Å². The minimum atomic E-state index is -0.573. The van der Waals surface area contributed by atoms with E-state index in [2.05, 4.69) is 21.0 Å². The summed E-state index contributed by atoms with van der Waals surface area (Å²) < 4.78 is 0. The molecule has 2 heterocycles. The molecule has 0 amide bonds. The first-order valence-corrected chi connectivity index (χ1v) is 8.15. The first-order chi connectivity index (χ1) is 10.7. The molecule has 0 spiro atoms. The van der Waals surface area contributed by atoms with Gasteiger partial charge in [-0.25, -0.2) is 9.97 Å². The normalized spacial score (nSPS) is 12.0. The van der Waals surface area contributed by atoms with Gasteiger partial charge in [0.1, 0.15) is 11.1 Å². The quantitative estimate of drug-likeness (QED) is 0.412. The van der Waals surface area contributed by atoms with Crippen molar-refractivity contribution in [1.82, 2.24) is 15.0 Å². The Balaban J connectivity index is 2.10. The molecule has 108 valence electrons. The van der Waals surface area contributed by atoms with E-state index in [0.29, 0.717) is 21.7 Å². The molecule has 0 unspecified atom stereocenters. The predicted molar refractivity (Wildman–Crippen MR) is 88.0 cm³/mol. The van der Waals surface area contributed by atoms with Gasteiger partial charge < -0.3 is 0 Å². The maximum Gasteiger partial charge on any atom is 0.188 e. The van der Waals surface area contributed by atoms with Gasteiger partial charge >= 0.3 is 0 Å². The monoisotopic (exact) mass is 326 g/mol. The number of pyridine rings is 1. The van der Waals surface area contributed by atoms with Crippen LogP contribution in [0.3, 0.4) is 0 Å². The van der Waals surface area contributed by atoms with Crippen molar-refractivity contribution in [2.24, 2.45) is 0 Å². The van der Waals surface area contributed by atoms with Crippen molar-refractivity contribution in [2.45, 2.75) is 11.1 Å². The summed E-state index contributed by atoms with van der Waals surface area (Å²) in [5.74, 6) is -0.573. The molecule has 0 saturated heterocycles. The van der Waals surface area contributed by atoms with Gasteiger partial charge in [-0.15, -0.1) is 0 Å². The smallest absolute Gasteiger partial charge is 0.188 e. The Labute approximate surface area is 137 Å². The Kier molecular flexibility index (Phi) is 4.23. The third-order valence-corrected chi connectivity index (χ3v) is 3.96. The fraction of sp³-hybridized carbons (Fsp3) is 0.125. The molecule has 0 bridgehead atoms. The van der Waals surface area contributed by atoms with Gasteiger partial charge in [-0.3, -0.25) is 4.98 Å². The number of aromatic nitrogens is 3. The first-order valence-electron chi connectivity index (χ1n) is 6.55. The Bertz CT molecular complexity index is 875. The second kappa shape index (κ2) is 6.30. The average molecular weight is 327 g/mol. The number of hydrogen-bond donors (Lipinski definition) is 0. The Morgan fingerprint density at radius 1 is 1.09 bits per heavy atom. The van der Waals surface area contributed by atoms with Crippen LogP contribution in [0.25, 0.3) is 10.9 Å². The van der Waals surface area contributed by atoms with Crippen LogP contribution < -0.4 is 0 Å². The van der Waals surface area contributed by atoms with E-state index in [9.17, 15) is 5.26 Å². The van der Waals surface area contributed by atoms with Gasteiger partial charge in [0.2, 0.25) is 0 Å². The van der Waals surface area contributed by atoms with Crippen LogP contribution in [-0.4, -0.2) is 21.2 Å². The van der Waals surface area contributed by atoms with Gasteiger partial charge in [-0.05, 0) is 24.5 Å². The lowest BCUT2D eigenvalue weighted by Crippen LogP contribution is -2.05. The molecular weight excluding hydrogens is 316 g/mol. The lowest BCUT2D eigenvalue weighted by molar-refractivity contribution is 0.849. The van der Waals surface area contributed by atoms with E-state index in [1.807, 2.05) is 42.7 Å². The second-order valence-corrected chi connectivity index (χ2v) is 5.75. The molecule has 22 heavy (non-hydrogen) atoms. The number of para-hydroxylation sites is 1. The van der Waals surface area contributed by atoms with Gasteiger partial charge in [-0.2, -0.15) is 5.26 Å². The molecule has 0 radical (unpaired) electrons. The van der Waals surface area contributed by atoms with E-state index in [-0.39, 0.29) is 0 Å². The van der Waals surface area contributed by atoms with Crippen LogP contribution in [0.15, 0.2) is 47.6 Å². The number of hydrogen-bond acceptors (Lipinski definition) is 5. The zero-order chi connectivity index (χ0) is 15.5. The van der Waals surface area contributed by atoms with Gasteiger partial charge in [0.05, 0.1) is 23.0 Å². The van der Waals surface area contributed by atoms with E-state index >= 15 is 0 Å². The number of thioether (sulfide) groups is 1. The number of nitriles is 1. The topological polar surface area (TPSA) is 62.5 Å². The molecule has 6 heteroatoms. The van der Waals surface area contributed by atoms with Crippen molar-refractivity contribution < 1.29 is 0 Å². The highest BCUT2D eigenvalue weighted by molar-refractivity contribution is 7.98. The van der Waals surface area contributed by atoms with Crippen LogP contribution in [0.5, 0.6) is 0 Å². The molecule has 0 N–H and O–H groups in total. The fourth-order valence-corrected chi connectivity index (χ4v) is 2.81. The summed E-state index contributed by atoms with van der Waals surface area (Å²) in [7, 11) is 0. The first kappa shape index (κ1) is 14.8. The molecular formula is C16H11ClN4S. The SMILES string of the molecule is CSc1nc(Cl)cc([C@H](C#N)c2ccc3ccccc3n2)n1. The van der Waals surface area contributed by atoms with Crippen LogP contribution in [0, 0.1) is 11.3 Å². The van der Waals surface area contributed by atoms with Crippen molar-refractivity contribution in [1.29, 1.82) is 5.26 Å². The van der Waals surface area contributed by atoms with Crippen LogP contribution in [0.1, 0.15) is 17.3 Å². The van der Waals surface area contributed by atoms with Crippen molar-refractivity contribution in [3.05, 3.63) is 59.0 Å². The molecule has 4 nitrogen and oxygen atoms in total. The summed E-state index contributed by atoms with van der Waals surface area (Å²) in [5.41, 5.74) is 2.07. The molecule has 3 aromatic rings. The Morgan fingerprint density at radius 3 is 2.68 bits per heavy atom. The summed E-state index contributed by atoms with van der Waals surface area (Å²) in [6, 6.07) is 15.5. The van der Waals surface area contributed by atoms with Crippen molar-refractivity contribution in [3.8, 4) is 6.07 Å². The van der Waals surface area contributed by atoms with Gasteiger partial charge in [-0.1, -0.05) is 47.6 Å². The molecule has 3 rings (SSSR count). The maximum absolute atomic E-state index is 9.56. The van der Waals surface area contributed by atoms with E-state index in [4.69, 9.17) is 11.6 Å². The third-order valence-electron chi connectivity index (χ3n) is 3.22. The van der Waals surface area contributed by atoms with Gasteiger partial charge in [0.25, 0.3) is 0 Å². The molecule has 0 aliphatic carbocycles. The van der Waals surface area contributed by atoms with E-state index < -0.39 is 5.92 Å². The van der Waals surface area contributed by atoms with E-state index in [1.54, 1.807) is 6.07 Å². The highest BCUT2D eigenvalue weighted by Crippen LogP contribution is 2.26. The summed E-state index contributed by atoms with van der Waals surface area (Å²) >= 11 is 7.40. The summed E-state index contributed by atoms with van der Waals surface area (Å²) in [6.45, 7) is 0. The maximum atomic E-state index is 9.56. The van der Waals surface area contributed by atoms with Crippen molar-refractivity contribution >= 4 is 34.3 Å². The number of halogens is 1. The molecule has 2 aromatic heterocycles. The minimum absolute atomic E-state index is 0.329. The van der Waals surface area contributed by atoms with Crippen LogP contribution >= 0.6 is 23.4 Å². The molecule has 0 aliphatic heterocycles. The average Bonchev–Trinajstić information content (AvgIpc) is 2.55. The number of fused-ring (bicyclic) bond motifs is 1. The fourth-order valence-electron chi connectivity index (χ4n) is 2.18. The zero-order valence-electron chi connectivity index (χ0n) is 11.7. The van der Waals surface area contributed by atoms with Crippen molar-refractivity contribution in [2.75, 3.05) is 6.26 Å². The highest BCUT2D eigenvalue weighted by Gasteiger charge is 2.18. The highest BCUT2D eigenvalue weighted by atomic mass is 35.5. The van der Waals surface area contributed by atoms with E-state index in [0.717, 1.165) is 10.9 Å². The van der Waals surface area contributed by atoms with E-state index in [1.165, 1.54) is 11.8 Å². The number of benzene rings is 1. The van der Waals surface area contributed by atoms with Gasteiger partial charge in [0, 0.05) is 5.39 Å². The zero-order valence-corrected chi connectivity index (χ0v) is 13.3. The minimum Gasteiger partial charge on any atom is -0.251 e. The molecule has 1 aromatic carbocycles. The van der Waals surface area contributed by atoms with Crippen LogP contribution in [0.2, 0.25) is 5.15 Å². The number of nitrogens with zero attached hydrogens (tertiary/aromatic N) is 4.